The molecular formula is C17H27N5O. The smallest absolute Gasteiger partial charge is 0.237 e. The maximum absolute atomic E-state index is 12.9. The fraction of sp³-hybridized carbons (Fsp3) is 0.824. The molecule has 1 aromatic rings. The molecule has 1 aromatic heterocycles. The van der Waals surface area contributed by atoms with E-state index in [9.17, 15) is 4.79 Å². The number of aromatic nitrogens is 3. The van der Waals surface area contributed by atoms with Crippen LogP contribution in [-0.4, -0.2) is 56.1 Å². The maximum Gasteiger partial charge on any atom is 0.237 e. The normalized spacial score (nSPS) is 28.3. The maximum atomic E-state index is 12.9. The molecule has 0 aromatic carbocycles. The van der Waals surface area contributed by atoms with E-state index in [1.54, 1.807) is 0 Å². The Bertz CT molecular complexity index is 582. The Labute approximate surface area is 137 Å². The number of fused-ring (bicyclic) bond motifs is 2. The van der Waals surface area contributed by atoms with E-state index in [0.29, 0.717) is 18.5 Å². The molecule has 3 heterocycles. The van der Waals surface area contributed by atoms with Crippen LogP contribution in [0.5, 0.6) is 0 Å². The number of carbonyl (C=O) groups excluding carboxylic acids is 1. The zero-order valence-corrected chi connectivity index (χ0v) is 14.1. The van der Waals surface area contributed by atoms with Gasteiger partial charge in [0.25, 0.3) is 0 Å². The van der Waals surface area contributed by atoms with Crippen LogP contribution in [0.4, 0.5) is 0 Å². The highest BCUT2D eigenvalue weighted by Crippen LogP contribution is 2.35. The molecule has 2 aliphatic heterocycles. The molecule has 2 atom stereocenters. The van der Waals surface area contributed by atoms with Gasteiger partial charge in [-0.1, -0.05) is 12.8 Å². The summed E-state index contributed by atoms with van der Waals surface area (Å²) in [6, 6.07) is 0.515. The van der Waals surface area contributed by atoms with Gasteiger partial charge in [-0.05, 0) is 38.5 Å². The number of hydrogen-bond acceptors (Lipinski definition) is 4. The molecule has 1 amide bonds. The van der Waals surface area contributed by atoms with Gasteiger partial charge >= 0.3 is 0 Å². The molecular weight excluding hydrogens is 290 g/mol. The van der Waals surface area contributed by atoms with Crippen molar-refractivity contribution in [3.05, 3.63) is 11.6 Å². The third-order valence-corrected chi connectivity index (χ3v) is 5.94. The van der Waals surface area contributed by atoms with E-state index < -0.39 is 0 Å². The third-order valence-electron chi connectivity index (χ3n) is 5.94. The Morgan fingerprint density at radius 3 is 2.83 bits per heavy atom. The Hall–Kier alpha value is -1.43. The topological polar surface area (TPSA) is 54.3 Å². The van der Waals surface area contributed by atoms with Crippen LogP contribution in [0.3, 0.4) is 0 Å². The Balaban J connectivity index is 1.40. The van der Waals surface area contributed by atoms with Crippen molar-refractivity contribution in [2.75, 3.05) is 19.6 Å². The first kappa shape index (κ1) is 15.1. The Morgan fingerprint density at radius 1 is 1.09 bits per heavy atom. The molecule has 6 nitrogen and oxygen atoms in total. The number of nitrogens with zero attached hydrogens (tertiary/aromatic N) is 5. The van der Waals surface area contributed by atoms with Crippen LogP contribution >= 0.6 is 0 Å². The molecule has 0 N–H and O–H groups in total. The predicted molar refractivity (Wildman–Crippen MR) is 86.7 cm³/mol. The van der Waals surface area contributed by atoms with Crippen LogP contribution in [-0.2, 0) is 17.9 Å². The van der Waals surface area contributed by atoms with E-state index in [-0.39, 0.29) is 0 Å². The van der Waals surface area contributed by atoms with Crippen molar-refractivity contribution in [1.29, 1.82) is 0 Å². The molecule has 126 valence electrons. The number of amides is 1. The summed E-state index contributed by atoms with van der Waals surface area (Å²) >= 11 is 0. The van der Waals surface area contributed by atoms with Gasteiger partial charge in [-0.25, -0.2) is 0 Å². The van der Waals surface area contributed by atoms with Crippen molar-refractivity contribution in [2.24, 2.45) is 5.92 Å². The summed E-state index contributed by atoms with van der Waals surface area (Å²) in [7, 11) is 0. The van der Waals surface area contributed by atoms with Crippen molar-refractivity contribution >= 4 is 5.91 Å². The summed E-state index contributed by atoms with van der Waals surface area (Å²) in [5, 5.41) is 8.38. The summed E-state index contributed by atoms with van der Waals surface area (Å²) < 4.78 is 2.17. The molecule has 23 heavy (non-hydrogen) atoms. The van der Waals surface area contributed by atoms with Crippen LogP contribution < -0.4 is 0 Å². The van der Waals surface area contributed by atoms with E-state index in [2.05, 4.69) is 24.6 Å². The number of carbonyl (C=O) groups is 1. The SMILES string of the molecule is Cc1nnc2n1CCN(CC(=O)N1CCC[C@@H]3CCCC[C@H]31)C2. The van der Waals surface area contributed by atoms with Gasteiger partial charge in [0.2, 0.25) is 5.91 Å². The Kier molecular flexibility index (Phi) is 4.09. The van der Waals surface area contributed by atoms with Crippen LogP contribution in [0.25, 0.3) is 0 Å². The van der Waals surface area contributed by atoms with Crippen molar-refractivity contribution in [2.45, 2.75) is 64.6 Å². The zero-order valence-electron chi connectivity index (χ0n) is 14.1. The van der Waals surface area contributed by atoms with Gasteiger partial charge in [0, 0.05) is 25.7 Å². The number of likely N-dealkylation sites (tertiary alicyclic amines) is 1. The average molecular weight is 317 g/mol. The quantitative estimate of drug-likeness (QED) is 0.831. The first-order valence-corrected chi connectivity index (χ1v) is 9.13. The summed E-state index contributed by atoms with van der Waals surface area (Å²) in [5.41, 5.74) is 0. The summed E-state index contributed by atoms with van der Waals surface area (Å²) in [6.07, 6.45) is 7.67. The fourth-order valence-corrected chi connectivity index (χ4v) is 4.70. The van der Waals surface area contributed by atoms with Crippen molar-refractivity contribution < 1.29 is 4.79 Å². The largest absolute Gasteiger partial charge is 0.338 e. The molecule has 0 spiro atoms. The lowest BCUT2D eigenvalue weighted by atomic mass is 9.78. The molecule has 1 saturated heterocycles. The molecule has 1 aliphatic carbocycles. The van der Waals surface area contributed by atoms with Gasteiger partial charge in [-0.15, -0.1) is 10.2 Å². The summed E-state index contributed by atoms with van der Waals surface area (Å²) in [6.45, 7) is 6.05. The number of piperidine rings is 1. The third kappa shape index (κ3) is 2.89. The van der Waals surface area contributed by atoms with E-state index >= 15 is 0 Å². The highest BCUT2D eigenvalue weighted by atomic mass is 16.2. The van der Waals surface area contributed by atoms with Gasteiger partial charge in [-0.2, -0.15) is 0 Å². The summed E-state index contributed by atoms with van der Waals surface area (Å²) in [4.78, 5) is 17.3. The number of rotatable bonds is 2. The van der Waals surface area contributed by atoms with Crippen molar-refractivity contribution in [3.8, 4) is 0 Å². The second-order valence-electron chi connectivity index (χ2n) is 7.37. The van der Waals surface area contributed by atoms with Crippen molar-refractivity contribution in [3.63, 3.8) is 0 Å². The lowest BCUT2D eigenvalue weighted by Crippen LogP contribution is -2.53. The van der Waals surface area contributed by atoms with Crippen LogP contribution in [0.1, 0.15) is 50.2 Å². The molecule has 0 radical (unpaired) electrons. The monoisotopic (exact) mass is 317 g/mol. The minimum absolute atomic E-state index is 0.325. The first-order chi connectivity index (χ1) is 11.2. The van der Waals surface area contributed by atoms with Gasteiger partial charge in [-0.3, -0.25) is 9.69 Å². The van der Waals surface area contributed by atoms with Crippen molar-refractivity contribution in [1.82, 2.24) is 24.6 Å². The molecule has 2 fully saturated rings. The predicted octanol–water partition coefficient (Wildman–Crippen LogP) is 1.58. The molecule has 3 aliphatic rings. The second kappa shape index (κ2) is 6.23. The zero-order chi connectivity index (χ0) is 15.8. The van der Waals surface area contributed by atoms with Gasteiger partial charge < -0.3 is 9.47 Å². The highest BCUT2D eigenvalue weighted by Gasteiger charge is 2.36. The molecule has 6 heteroatoms. The van der Waals surface area contributed by atoms with E-state index in [0.717, 1.165) is 43.7 Å². The first-order valence-electron chi connectivity index (χ1n) is 9.13. The van der Waals surface area contributed by atoms with Crippen LogP contribution in [0.2, 0.25) is 0 Å². The molecule has 1 saturated carbocycles. The second-order valence-corrected chi connectivity index (χ2v) is 7.37. The van der Waals surface area contributed by atoms with Gasteiger partial charge in [0.15, 0.2) is 0 Å². The lowest BCUT2D eigenvalue weighted by molar-refractivity contribution is -0.139. The standard InChI is InChI=1S/C17H27N5O/c1-13-18-19-16-11-20(9-10-21(13)16)12-17(23)22-8-4-6-14-5-2-3-7-15(14)22/h14-15H,2-12H2,1H3/t14-,15+/m0/s1. The van der Waals surface area contributed by atoms with E-state index in [1.165, 1.54) is 38.5 Å². The fourth-order valence-electron chi connectivity index (χ4n) is 4.70. The minimum atomic E-state index is 0.325. The van der Waals surface area contributed by atoms with E-state index in [4.69, 9.17) is 0 Å². The number of aryl methyl sites for hydroxylation is 1. The number of hydrogen-bond donors (Lipinski definition) is 0. The van der Waals surface area contributed by atoms with E-state index in [1.807, 2.05) is 6.92 Å². The van der Waals surface area contributed by atoms with Gasteiger partial charge in [0.1, 0.15) is 11.6 Å². The summed E-state index contributed by atoms with van der Waals surface area (Å²) in [5.74, 6) is 3.06. The molecule has 4 rings (SSSR count). The van der Waals surface area contributed by atoms with Crippen LogP contribution in [0.15, 0.2) is 0 Å². The van der Waals surface area contributed by atoms with Crippen LogP contribution in [0, 0.1) is 12.8 Å². The van der Waals surface area contributed by atoms with Gasteiger partial charge in [0.05, 0.1) is 13.1 Å². The molecule has 0 unspecified atom stereocenters. The Morgan fingerprint density at radius 2 is 1.91 bits per heavy atom. The minimum Gasteiger partial charge on any atom is -0.338 e. The lowest BCUT2D eigenvalue weighted by Gasteiger charge is -2.44. The molecule has 0 bridgehead atoms. The highest BCUT2D eigenvalue weighted by molar-refractivity contribution is 5.78. The average Bonchev–Trinajstić information content (AvgIpc) is 2.95.